The van der Waals surface area contributed by atoms with E-state index in [1.165, 1.54) is 11.3 Å². The molecule has 1 aromatic carbocycles. The molecular formula is C25H27N5O3S2. The van der Waals surface area contributed by atoms with Gasteiger partial charge in [-0.05, 0) is 36.5 Å². The first kappa shape index (κ1) is 24.0. The van der Waals surface area contributed by atoms with Gasteiger partial charge in [-0.15, -0.1) is 0 Å². The lowest BCUT2D eigenvalue weighted by Crippen LogP contribution is -2.31. The van der Waals surface area contributed by atoms with Crippen molar-refractivity contribution in [3.05, 3.63) is 48.8 Å². The van der Waals surface area contributed by atoms with Crippen LogP contribution in [0.1, 0.15) is 19.3 Å². The number of rotatable bonds is 9. The van der Waals surface area contributed by atoms with Gasteiger partial charge in [0.2, 0.25) is 10.2 Å². The molecule has 3 heterocycles. The average Bonchev–Trinajstić information content (AvgIpc) is 3.19. The Morgan fingerprint density at radius 2 is 1.74 bits per heavy atom. The Labute approximate surface area is 210 Å². The van der Waals surface area contributed by atoms with Gasteiger partial charge in [0.25, 0.3) is 0 Å². The molecule has 0 saturated heterocycles. The minimum atomic E-state index is -1.13. The Morgan fingerprint density at radius 3 is 2.34 bits per heavy atom. The Kier molecular flexibility index (Phi) is 7.17. The summed E-state index contributed by atoms with van der Waals surface area (Å²) >= 11 is 0.276. The minimum absolute atomic E-state index is 0.0614. The molecule has 182 valence electrons. The van der Waals surface area contributed by atoms with Crippen molar-refractivity contribution >= 4 is 44.4 Å². The molecule has 5 rings (SSSR count). The van der Waals surface area contributed by atoms with Crippen LogP contribution in [-0.2, 0) is 11.2 Å². The molecule has 35 heavy (non-hydrogen) atoms. The van der Waals surface area contributed by atoms with Crippen molar-refractivity contribution in [1.29, 1.82) is 0 Å². The topological polar surface area (TPSA) is 131 Å². The maximum Gasteiger partial charge on any atom is 0.232 e. The fraction of sp³-hybridized carbons (Fsp3) is 0.320. The number of nitrogens with zero attached hydrogens (tertiary/aromatic N) is 4. The molecule has 1 aliphatic carbocycles. The van der Waals surface area contributed by atoms with E-state index in [-0.39, 0.29) is 18.5 Å². The van der Waals surface area contributed by atoms with Crippen LogP contribution in [0, 0.1) is 0 Å². The quantitative estimate of drug-likeness (QED) is 0.292. The summed E-state index contributed by atoms with van der Waals surface area (Å²) < 4.78 is 13.9. The summed E-state index contributed by atoms with van der Waals surface area (Å²) in [6.07, 6.45) is 6.44. The second kappa shape index (κ2) is 10.5. The van der Waals surface area contributed by atoms with Crippen LogP contribution in [-0.4, -0.2) is 61.3 Å². The number of thiophene rings is 1. The standard InChI is InChI=1S/C25H27N5O3S2/c26-22-21-19(16-5-2-1-3-6-16)13-20(29-23(21)34-24(22)35(33)18-7-4-8-18)17-14-27-25(28-15-17)30(9-11-31)10-12-32/h1-3,5-6,13-15,18,31-32H,4,7-12,26H2. The smallest absolute Gasteiger partial charge is 0.232 e. The molecular weight excluding hydrogens is 482 g/mol. The van der Waals surface area contributed by atoms with Crippen molar-refractivity contribution < 1.29 is 14.8 Å². The lowest BCUT2D eigenvalue weighted by atomic mass is 10.00. The maximum atomic E-state index is 13.2. The molecule has 0 aliphatic heterocycles. The lowest BCUT2D eigenvalue weighted by molar-refractivity contribution is 0.280. The third-order valence-electron chi connectivity index (χ3n) is 6.24. The highest BCUT2D eigenvalue weighted by Gasteiger charge is 2.35. The van der Waals surface area contributed by atoms with Crippen molar-refractivity contribution in [1.82, 2.24) is 15.0 Å². The molecule has 4 aromatic rings. The largest absolute Gasteiger partial charge is 0.611 e. The molecule has 1 saturated carbocycles. The zero-order chi connectivity index (χ0) is 24.4. The number of hydrogen-bond donors (Lipinski definition) is 3. The summed E-state index contributed by atoms with van der Waals surface area (Å²) in [5.41, 5.74) is 10.5. The molecule has 10 heteroatoms. The number of nitrogens with two attached hydrogens (primary N) is 1. The SMILES string of the molecule is Nc1c([S+]([O-])C2CCC2)sc2nc(-c3cnc(N(CCO)CCO)nc3)cc(-c3ccccc3)c12. The Balaban J connectivity index is 1.60. The number of fused-ring (bicyclic) bond motifs is 1. The van der Waals surface area contributed by atoms with Gasteiger partial charge in [-0.25, -0.2) is 15.0 Å². The molecule has 1 atom stereocenters. The van der Waals surface area contributed by atoms with E-state index >= 15 is 0 Å². The predicted octanol–water partition coefficient (Wildman–Crippen LogP) is 3.45. The summed E-state index contributed by atoms with van der Waals surface area (Å²) in [5.74, 6) is 0.430. The summed E-state index contributed by atoms with van der Waals surface area (Å²) in [6.45, 7) is 0.539. The minimum Gasteiger partial charge on any atom is -0.611 e. The van der Waals surface area contributed by atoms with E-state index < -0.39 is 11.2 Å². The van der Waals surface area contributed by atoms with Gasteiger partial charge in [0.1, 0.15) is 15.8 Å². The summed E-state index contributed by atoms with van der Waals surface area (Å²) in [4.78, 5) is 16.2. The van der Waals surface area contributed by atoms with Gasteiger partial charge in [0, 0.05) is 47.6 Å². The van der Waals surface area contributed by atoms with Crippen molar-refractivity contribution in [3.63, 3.8) is 0 Å². The van der Waals surface area contributed by atoms with E-state index in [0.717, 1.165) is 46.2 Å². The first-order chi connectivity index (χ1) is 17.1. The first-order valence-corrected chi connectivity index (χ1v) is 13.6. The fourth-order valence-electron chi connectivity index (χ4n) is 4.15. The number of aliphatic hydroxyl groups excluding tert-OH is 2. The summed E-state index contributed by atoms with van der Waals surface area (Å²) in [7, 11) is 0. The lowest BCUT2D eigenvalue weighted by Gasteiger charge is -2.27. The molecule has 1 unspecified atom stereocenters. The first-order valence-electron chi connectivity index (χ1n) is 11.6. The summed E-state index contributed by atoms with van der Waals surface area (Å²) in [6, 6.07) is 12.0. The summed E-state index contributed by atoms with van der Waals surface area (Å²) in [5, 5.41) is 19.6. The third kappa shape index (κ3) is 4.72. The fourth-order valence-corrected chi connectivity index (χ4v) is 7.36. The second-order valence-corrected chi connectivity index (χ2v) is 11.4. The zero-order valence-corrected chi connectivity index (χ0v) is 20.8. The third-order valence-corrected chi connectivity index (χ3v) is 9.54. The molecule has 0 bridgehead atoms. The normalized spacial score (nSPS) is 14.7. The average molecular weight is 510 g/mol. The molecule has 0 radical (unpaired) electrons. The Bertz CT molecular complexity index is 1290. The molecule has 0 amide bonds. The number of nitrogen functional groups attached to an aromatic ring is 1. The molecule has 8 nitrogen and oxygen atoms in total. The van der Waals surface area contributed by atoms with Gasteiger partial charge < -0.3 is 25.4 Å². The van der Waals surface area contributed by atoms with E-state index in [0.29, 0.717) is 34.6 Å². The zero-order valence-electron chi connectivity index (χ0n) is 19.1. The highest BCUT2D eigenvalue weighted by atomic mass is 32.2. The number of anilines is 2. The molecule has 3 aromatic heterocycles. The van der Waals surface area contributed by atoms with E-state index in [1.54, 1.807) is 17.3 Å². The Morgan fingerprint density at radius 1 is 1.06 bits per heavy atom. The van der Waals surface area contributed by atoms with Crippen molar-refractivity contribution in [2.24, 2.45) is 0 Å². The van der Waals surface area contributed by atoms with E-state index in [1.807, 2.05) is 36.4 Å². The van der Waals surface area contributed by atoms with Gasteiger partial charge in [-0.3, -0.25) is 0 Å². The van der Waals surface area contributed by atoms with Crippen LogP contribution >= 0.6 is 11.3 Å². The maximum absolute atomic E-state index is 13.2. The molecule has 4 N–H and O–H groups in total. The van der Waals surface area contributed by atoms with Gasteiger partial charge in [-0.2, -0.15) is 0 Å². The van der Waals surface area contributed by atoms with Crippen LogP contribution in [0.3, 0.4) is 0 Å². The second-order valence-electron chi connectivity index (χ2n) is 8.46. The van der Waals surface area contributed by atoms with Crippen molar-refractivity contribution in [2.75, 3.05) is 36.9 Å². The molecule has 1 fully saturated rings. The highest BCUT2D eigenvalue weighted by molar-refractivity contribution is 7.94. The number of aromatic nitrogens is 3. The number of aliphatic hydroxyl groups is 2. The van der Waals surface area contributed by atoms with Crippen molar-refractivity contribution in [2.45, 2.75) is 28.7 Å². The van der Waals surface area contributed by atoms with Crippen LogP contribution in [0.15, 0.2) is 53.0 Å². The van der Waals surface area contributed by atoms with Crippen LogP contribution in [0.4, 0.5) is 11.6 Å². The van der Waals surface area contributed by atoms with E-state index in [4.69, 9.17) is 10.7 Å². The van der Waals surface area contributed by atoms with Crippen LogP contribution in [0.5, 0.6) is 0 Å². The van der Waals surface area contributed by atoms with Crippen LogP contribution < -0.4 is 10.6 Å². The van der Waals surface area contributed by atoms with Gasteiger partial charge in [-0.1, -0.05) is 41.7 Å². The highest BCUT2D eigenvalue weighted by Crippen LogP contribution is 2.45. The molecule has 0 spiro atoms. The number of benzene rings is 1. The van der Waals surface area contributed by atoms with Crippen LogP contribution in [0.2, 0.25) is 0 Å². The molecule has 1 aliphatic rings. The predicted molar refractivity (Wildman–Crippen MR) is 141 cm³/mol. The van der Waals surface area contributed by atoms with E-state index in [9.17, 15) is 14.8 Å². The van der Waals surface area contributed by atoms with E-state index in [2.05, 4.69) is 9.97 Å². The van der Waals surface area contributed by atoms with Gasteiger partial charge >= 0.3 is 0 Å². The van der Waals surface area contributed by atoms with Gasteiger partial charge in [0.15, 0.2) is 0 Å². The van der Waals surface area contributed by atoms with Crippen molar-refractivity contribution in [3.8, 4) is 22.4 Å². The Hall–Kier alpha value is -2.76. The monoisotopic (exact) mass is 509 g/mol. The van der Waals surface area contributed by atoms with Crippen LogP contribution in [0.25, 0.3) is 32.6 Å². The van der Waals surface area contributed by atoms with Gasteiger partial charge in [0.05, 0.1) is 18.9 Å². The number of pyridine rings is 1. The number of hydrogen-bond acceptors (Lipinski definition) is 9.